The number of aromatic nitrogens is 4. The topological polar surface area (TPSA) is 138 Å². The predicted octanol–water partition coefficient (Wildman–Crippen LogP) is 2.01. The number of amides is 2. The van der Waals surface area contributed by atoms with Gasteiger partial charge in [-0.15, -0.1) is 0 Å². The molecule has 1 unspecified atom stereocenters. The molecule has 3 N–H and O–H groups in total. The zero-order valence-electron chi connectivity index (χ0n) is 23.9. The van der Waals surface area contributed by atoms with E-state index >= 15 is 0 Å². The summed E-state index contributed by atoms with van der Waals surface area (Å²) in [5.74, 6) is 0.922. The molecule has 0 aliphatic carbocycles. The van der Waals surface area contributed by atoms with Crippen LogP contribution >= 0.6 is 11.6 Å². The van der Waals surface area contributed by atoms with Crippen molar-refractivity contribution in [2.45, 2.75) is 51.5 Å². The average molecular weight is 597 g/mol. The summed E-state index contributed by atoms with van der Waals surface area (Å²) in [6.07, 6.45) is 4.69. The number of β-amino-alcohol motifs (C(OH)–C–C–N with tert-alkyl or cyclic N) is 1. The monoisotopic (exact) mass is 596 g/mol. The zero-order valence-corrected chi connectivity index (χ0v) is 24.7. The molecule has 1 aromatic carbocycles. The highest BCUT2D eigenvalue weighted by molar-refractivity contribution is 6.33. The lowest BCUT2D eigenvalue weighted by Gasteiger charge is -2.32. The minimum absolute atomic E-state index is 0.0863. The molecule has 0 spiro atoms. The van der Waals surface area contributed by atoms with Crippen LogP contribution in [-0.4, -0.2) is 91.3 Å². The number of aliphatic hydroxyl groups excluding tert-OH is 1. The summed E-state index contributed by atoms with van der Waals surface area (Å²) in [7, 11) is 1.87. The summed E-state index contributed by atoms with van der Waals surface area (Å²) in [6, 6.07) is 7.59. The standard InChI is InChI=1S/C29H37ClN8O4/c1-19(39)38-11-6-21(7-12-38)35-27-13-25(32-18-33-27)29(41)31-14-23(40)16-37-10-8-24-20(15-37)3-4-26(28(24)30)42-17-22-5-9-34-36(22)2/h3-5,9,13,18,21,23,40H,6-8,10-12,14-17H2,1-2H3,(H,31,41)(H,32,33,35). The van der Waals surface area contributed by atoms with Crippen LogP contribution in [0.4, 0.5) is 5.82 Å². The number of ether oxygens (including phenoxy) is 1. The van der Waals surface area contributed by atoms with Crippen molar-refractivity contribution in [3.63, 3.8) is 0 Å². The number of hydrogen-bond donors (Lipinski definition) is 3. The first-order chi connectivity index (χ1) is 20.3. The van der Waals surface area contributed by atoms with Gasteiger partial charge in [-0.2, -0.15) is 5.10 Å². The third kappa shape index (κ3) is 7.36. The largest absolute Gasteiger partial charge is 0.486 e. The van der Waals surface area contributed by atoms with E-state index in [2.05, 4.69) is 30.6 Å². The van der Waals surface area contributed by atoms with Crippen molar-refractivity contribution in [3.05, 3.63) is 64.3 Å². The zero-order chi connectivity index (χ0) is 29.6. The Bertz CT molecular complexity index is 1410. The van der Waals surface area contributed by atoms with E-state index in [0.29, 0.717) is 49.4 Å². The molecule has 12 nitrogen and oxygen atoms in total. The normalized spacial score (nSPS) is 16.5. The number of nitrogens with zero attached hydrogens (tertiary/aromatic N) is 6. The van der Waals surface area contributed by atoms with Crippen LogP contribution in [0.1, 0.15) is 47.1 Å². The Morgan fingerprint density at radius 1 is 1.19 bits per heavy atom. The van der Waals surface area contributed by atoms with Crippen LogP contribution in [-0.2, 0) is 31.4 Å². The van der Waals surface area contributed by atoms with E-state index in [0.717, 1.165) is 42.6 Å². The SMILES string of the molecule is CC(=O)N1CCC(Nc2cc(C(=O)NCC(O)CN3CCc4c(ccc(OCc5ccnn5C)c4Cl)C3)ncn2)CC1. The van der Waals surface area contributed by atoms with Gasteiger partial charge in [0, 0.05) is 71.5 Å². The Hall–Kier alpha value is -3.74. The van der Waals surface area contributed by atoms with Gasteiger partial charge in [-0.05, 0) is 42.5 Å². The minimum Gasteiger partial charge on any atom is -0.486 e. The second kappa shape index (κ2) is 13.5. The summed E-state index contributed by atoms with van der Waals surface area (Å²) >= 11 is 6.69. The van der Waals surface area contributed by atoms with Crippen molar-refractivity contribution in [2.75, 3.05) is 38.0 Å². The van der Waals surface area contributed by atoms with E-state index < -0.39 is 6.10 Å². The first-order valence-corrected chi connectivity index (χ1v) is 14.6. The van der Waals surface area contributed by atoms with Gasteiger partial charge in [-0.3, -0.25) is 19.2 Å². The first kappa shape index (κ1) is 29.7. The average Bonchev–Trinajstić information content (AvgIpc) is 3.40. The summed E-state index contributed by atoms with van der Waals surface area (Å²) in [4.78, 5) is 36.6. The first-order valence-electron chi connectivity index (χ1n) is 14.2. The number of aryl methyl sites for hydroxylation is 1. The molecular weight excluding hydrogens is 560 g/mol. The van der Waals surface area contributed by atoms with Crippen LogP contribution in [0, 0.1) is 0 Å². The Morgan fingerprint density at radius 2 is 2.00 bits per heavy atom. The molecule has 2 aliphatic rings. The highest BCUT2D eigenvalue weighted by atomic mass is 35.5. The molecule has 2 aliphatic heterocycles. The number of fused-ring (bicyclic) bond motifs is 1. The number of hydrogen-bond acceptors (Lipinski definition) is 9. The van der Waals surface area contributed by atoms with Crippen molar-refractivity contribution in [3.8, 4) is 5.75 Å². The van der Waals surface area contributed by atoms with Crippen LogP contribution in [0.15, 0.2) is 36.8 Å². The number of piperidine rings is 1. The lowest BCUT2D eigenvalue weighted by Crippen LogP contribution is -2.42. The highest BCUT2D eigenvalue weighted by Gasteiger charge is 2.24. The number of nitrogens with one attached hydrogen (secondary N) is 2. The quantitative estimate of drug-likeness (QED) is 0.321. The Labute approximate surface area is 250 Å². The van der Waals surface area contributed by atoms with Crippen molar-refractivity contribution < 1.29 is 19.4 Å². The summed E-state index contributed by atoms with van der Waals surface area (Å²) in [5, 5.41) is 21.6. The van der Waals surface area contributed by atoms with Crippen molar-refractivity contribution in [2.24, 2.45) is 7.05 Å². The van der Waals surface area contributed by atoms with Crippen molar-refractivity contribution >= 4 is 29.2 Å². The van der Waals surface area contributed by atoms with Gasteiger partial charge in [0.1, 0.15) is 30.2 Å². The van der Waals surface area contributed by atoms with Crippen molar-refractivity contribution in [1.29, 1.82) is 0 Å². The molecule has 0 radical (unpaired) electrons. The van der Waals surface area contributed by atoms with Gasteiger partial charge in [-0.1, -0.05) is 17.7 Å². The third-order valence-corrected chi connectivity index (χ3v) is 8.25. The fourth-order valence-electron chi connectivity index (χ4n) is 5.38. The number of carbonyl (C=O) groups excluding carboxylic acids is 2. The molecule has 1 atom stereocenters. The number of halogens is 1. The van der Waals surface area contributed by atoms with Gasteiger partial charge in [0.25, 0.3) is 5.91 Å². The smallest absolute Gasteiger partial charge is 0.270 e. The number of likely N-dealkylation sites (tertiary alicyclic amines) is 1. The second-order valence-corrected chi connectivity index (χ2v) is 11.2. The van der Waals surface area contributed by atoms with Gasteiger partial charge in [0.2, 0.25) is 5.91 Å². The maximum absolute atomic E-state index is 12.8. The maximum Gasteiger partial charge on any atom is 0.270 e. The molecule has 0 bridgehead atoms. The molecule has 4 heterocycles. The van der Waals surface area contributed by atoms with E-state index in [1.807, 2.05) is 30.1 Å². The molecule has 1 fully saturated rings. The molecular formula is C29H37ClN8O4. The molecule has 2 aromatic heterocycles. The van der Waals surface area contributed by atoms with E-state index in [1.165, 1.54) is 6.33 Å². The van der Waals surface area contributed by atoms with Crippen molar-refractivity contribution in [1.82, 2.24) is 34.9 Å². The number of aliphatic hydroxyl groups is 1. The molecule has 42 heavy (non-hydrogen) atoms. The third-order valence-electron chi connectivity index (χ3n) is 7.83. The lowest BCUT2D eigenvalue weighted by atomic mass is 9.99. The van der Waals surface area contributed by atoms with Crippen LogP contribution in [0.5, 0.6) is 5.75 Å². The summed E-state index contributed by atoms with van der Waals surface area (Å²) in [6.45, 7) is 5.24. The van der Waals surface area contributed by atoms with Gasteiger partial charge in [-0.25, -0.2) is 9.97 Å². The minimum atomic E-state index is -0.752. The van der Waals surface area contributed by atoms with Crippen LogP contribution < -0.4 is 15.4 Å². The van der Waals surface area contributed by atoms with E-state index in [4.69, 9.17) is 16.3 Å². The fourth-order valence-corrected chi connectivity index (χ4v) is 5.72. The molecule has 5 rings (SSSR count). The van der Waals surface area contributed by atoms with Gasteiger partial charge >= 0.3 is 0 Å². The van der Waals surface area contributed by atoms with E-state index in [-0.39, 0.29) is 30.1 Å². The van der Waals surface area contributed by atoms with Crippen LogP contribution in [0.2, 0.25) is 5.02 Å². The highest BCUT2D eigenvalue weighted by Crippen LogP contribution is 2.34. The van der Waals surface area contributed by atoms with Crippen LogP contribution in [0.3, 0.4) is 0 Å². The molecule has 2 amide bonds. The van der Waals surface area contributed by atoms with Gasteiger partial charge in [0.15, 0.2) is 0 Å². The molecule has 224 valence electrons. The summed E-state index contributed by atoms with van der Waals surface area (Å²) in [5.41, 5.74) is 3.35. The Morgan fingerprint density at radius 3 is 2.74 bits per heavy atom. The van der Waals surface area contributed by atoms with E-state index in [1.54, 1.807) is 23.9 Å². The summed E-state index contributed by atoms with van der Waals surface area (Å²) < 4.78 is 7.72. The second-order valence-electron chi connectivity index (χ2n) is 10.8. The predicted molar refractivity (Wildman–Crippen MR) is 157 cm³/mol. The van der Waals surface area contributed by atoms with Crippen LogP contribution in [0.25, 0.3) is 0 Å². The maximum atomic E-state index is 12.8. The lowest BCUT2D eigenvalue weighted by molar-refractivity contribution is -0.129. The van der Waals surface area contributed by atoms with Gasteiger partial charge < -0.3 is 25.4 Å². The number of rotatable bonds is 10. The molecule has 13 heteroatoms. The van der Waals surface area contributed by atoms with E-state index in [9.17, 15) is 14.7 Å². The molecule has 0 saturated carbocycles. The Kier molecular flexibility index (Phi) is 9.55. The molecule has 1 saturated heterocycles. The molecule has 3 aromatic rings. The van der Waals surface area contributed by atoms with Gasteiger partial charge in [0.05, 0.1) is 16.8 Å². The number of benzene rings is 1. The number of carbonyl (C=O) groups is 2. The Balaban J connectivity index is 1.08. The fraction of sp³-hybridized carbons (Fsp3) is 0.483. The number of anilines is 1.